The third-order valence-corrected chi connectivity index (χ3v) is 4.14. The minimum Gasteiger partial charge on any atom is -0.399 e. The molecular formula is C19H16FN5. The highest BCUT2D eigenvalue weighted by atomic mass is 19.1. The zero-order valence-corrected chi connectivity index (χ0v) is 13.3. The van der Waals surface area contributed by atoms with Crippen molar-refractivity contribution in [3.05, 3.63) is 66.1 Å². The summed E-state index contributed by atoms with van der Waals surface area (Å²) in [5.41, 5.74) is 16.3. The Bertz CT molecular complexity index is 1070. The van der Waals surface area contributed by atoms with Crippen molar-refractivity contribution in [2.24, 2.45) is 5.73 Å². The van der Waals surface area contributed by atoms with E-state index < -0.39 is 0 Å². The summed E-state index contributed by atoms with van der Waals surface area (Å²) < 4.78 is 14.1. The van der Waals surface area contributed by atoms with Gasteiger partial charge in [0.05, 0.1) is 5.52 Å². The average molecular weight is 333 g/mol. The Labute approximate surface area is 143 Å². The number of nitrogen functional groups attached to an aromatic ring is 1. The number of benzene rings is 2. The first-order valence-electron chi connectivity index (χ1n) is 7.85. The normalized spacial score (nSPS) is 11.1. The molecule has 2 aromatic carbocycles. The molecule has 25 heavy (non-hydrogen) atoms. The number of hydrogen-bond acceptors (Lipinski definition) is 4. The number of aromatic nitrogens is 3. The van der Waals surface area contributed by atoms with Crippen LogP contribution in [-0.2, 0) is 6.54 Å². The zero-order chi connectivity index (χ0) is 17.4. The molecule has 0 atom stereocenters. The second kappa shape index (κ2) is 5.99. The molecule has 0 radical (unpaired) electrons. The number of fused-ring (bicyclic) bond motifs is 1. The fourth-order valence-electron chi connectivity index (χ4n) is 2.85. The number of nitrogens with zero attached hydrogens (tertiary/aromatic N) is 2. The molecular weight excluding hydrogens is 317 g/mol. The van der Waals surface area contributed by atoms with Crippen LogP contribution >= 0.6 is 0 Å². The summed E-state index contributed by atoms with van der Waals surface area (Å²) in [6, 6.07) is 14.3. The maximum atomic E-state index is 14.1. The van der Waals surface area contributed by atoms with Crippen LogP contribution in [0.5, 0.6) is 0 Å². The molecule has 4 rings (SSSR count). The lowest BCUT2D eigenvalue weighted by Gasteiger charge is -2.05. The monoisotopic (exact) mass is 333 g/mol. The fraction of sp³-hybridized carbons (Fsp3) is 0.0526. The highest BCUT2D eigenvalue weighted by Crippen LogP contribution is 2.30. The minimum atomic E-state index is -0.319. The standard InChI is InChI=1S/C19H16FN5/c20-16-9-11(4-5-13(16)10-21)15-6-7-23-19-17(15)24-18(25-19)12-2-1-3-14(22)8-12/h1-9H,10,21-22H2,(H,23,24,25). The van der Waals surface area contributed by atoms with Crippen LogP contribution in [0.25, 0.3) is 33.7 Å². The van der Waals surface area contributed by atoms with E-state index in [2.05, 4.69) is 15.0 Å². The van der Waals surface area contributed by atoms with Crippen molar-refractivity contribution in [3.63, 3.8) is 0 Å². The number of aromatic amines is 1. The Morgan fingerprint density at radius 1 is 1.04 bits per heavy atom. The van der Waals surface area contributed by atoms with Crippen molar-refractivity contribution < 1.29 is 4.39 Å². The minimum absolute atomic E-state index is 0.168. The van der Waals surface area contributed by atoms with E-state index in [-0.39, 0.29) is 12.4 Å². The van der Waals surface area contributed by atoms with E-state index in [1.54, 1.807) is 12.3 Å². The molecule has 124 valence electrons. The van der Waals surface area contributed by atoms with Gasteiger partial charge in [-0.25, -0.2) is 14.4 Å². The summed E-state index contributed by atoms with van der Waals surface area (Å²) in [6.45, 7) is 0.168. The molecule has 0 bridgehead atoms. The Morgan fingerprint density at radius 2 is 1.92 bits per heavy atom. The number of imidazole rings is 1. The number of H-pyrrole nitrogens is 1. The molecule has 6 heteroatoms. The fourth-order valence-corrected chi connectivity index (χ4v) is 2.85. The molecule has 5 nitrogen and oxygen atoms in total. The van der Waals surface area contributed by atoms with Gasteiger partial charge in [-0.2, -0.15) is 0 Å². The number of anilines is 1. The van der Waals surface area contributed by atoms with Crippen LogP contribution in [0.3, 0.4) is 0 Å². The lowest BCUT2D eigenvalue weighted by molar-refractivity contribution is 0.611. The lowest BCUT2D eigenvalue weighted by atomic mass is 10.0. The molecule has 0 unspecified atom stereocenters. The Hall–Kier alpha value is -3.25. The Kier molecular flexibility index (Phi) is 3.66. The van der Waals surface area contributed by atoms with Crippen molar-refractivity contribution in [2.75, 3.05) is 5.73 Å². The zero-order valence-electron chi connectivity index (χ0n) is 13.3. The first-order chi connectivity index (χ1) is 12.2. The highest BCUT2D eigenvalue weighted by Gasteiger charge is 2.12. The number of pyridine rings is 1. The van der Waals surface area contributed by atoms with E-state index in [4.69, 9.17) is 11.5 Å². The number of halogens is 1. The van der Waals surface area contributed by atoms with Gasteiger partial charge in [-0.05, 0) is 29.8 Å². The molecule has 0 saturated carbocycles. The number of hydrogen-bond donors (Lipinski definition) is 3. The van der Waals surface area contributed by atoms with Gasteiger partial charge in [-0.3, -0.25) is 0 Å². The van der Waals surface area contributed by atoms with Crippen LogP contribution in [0.2, 0.25) is 0 Å². The van der Waals surface area contributed by atoms with Gasteiger partial charge >= 0.3 is 0 Å². The van der Waals surface area contributed by atoms with E-state index in [1.807, 2.05) is 36.4 Å². The first kappa shape index (κ1) is 15.3. The van der Waals surface area contributed by atoms with E-state index in [1.165, 1.54) is 6.07 Å². The van der Waals surface area contributed by atoms with Crippen molar-refractivity contribution in [1.29, 1.82) is 0 Å². The largest absolute Gasteiger partial charge is 0.399 e. The molecule has 0 amide bonds. The van der Waals surface area contributed by atoms with Crippen LogP contribution < -0.4 is 11.5 Å². The van der Waals surface area contributed by atoms with Crippen LogP contribution in [-0.4, -0.2) is 15.0 Å². The van der Waals surface area contributed by atoms with Crippen molar-refractivity contribution >= 4 is 16.9 Å². The van der Waals surface area contributed by atoms with Crippen molar-refractivity contribution in [3.8, 4) is 22.5 Å². The molecule has 0 aliphatic rings. The van der Waals surface area contributed by atoms with Gasteiger partial charge in [-0.15, -0.1) is 0 Å². The van der Waals surface area contributed by atoms with E-state index in [9.17, 15) is 4.39 Å². The lowest BCUT2D eigenvalue weighted by Crippen LogP contribution is -1.99. The number of nitrogens with two attached hydrogens (primary N) is 2. The SMILES string of the molecule is NCc1ccc(-c2ccnc3nc(-c4cccc(N)c4)[nH]c23)cc1F. The van der Waals surface area contributed by atoms with Crippen LogP contribution in [0.1, 0.15) is 5.56 Å². The first-order valence-corrected chi connectivity index (χ1v) is 7.85. The van der Waals surface area contributed by atoms with Gasteiger partial charge in [0.15, 0.2) is 5.65 Å². The second-order valence-corrected chi connectivity index (χ2v) is 5.78. The Morgan fingerprint density at radius 3 is 2.68 bits per heavy atom. The molecule has 0 saturated heterocycles. The van der Waals surface area contributed by atoms with Crippen LogP contribution in [0.15, 0.2) is 54.7 Å². The molecule has 0 aliphatic carbocycles. The molecule has 4 aromatic rings. The van der Waals surface area contributed by atoms with Gasteiger partial charge in [0.1, 0.15) is 11.6 Å². The van der Waals surface area contributed by atoms with E-state index in [0.29, 0.717) is 22.7 Å². The predicted molar refractivity (Wildman–Crippen MR) is 97.0 cm³/mol. The summed E-state index contributed by atoms with van der Waals surface area (Å²) in [4.78, 5) is 12.1. The average Bonchev–Trinajstić information content (AvgIpc) is 3.06. The van der Waals surface area contributed by atoms with Gasteiger partial charge < -0.3 is 16.5 Å². The Balaban J connectivity index is 1.87. The molecule has 0 fully saturated rings. The van der Waals surface area contributed by atoms with Gasteiger partial charge in [0, 0.05) is 35.1 Å². The summed E-state index contributed by atoms with van der Waals surface area (Å²) in [5, 5.41) is 0. The molecule has 5 N–H and O–H groups in total. The molecule has 0 spiro atoms. The topological polar surface area (TPSA) is 93.6 Å². The van der Waals surface area contributed by atoms with Crippen molar-refractivity contribution in [1.82, 2.24) is 15.0 Å². The molecule has 0 aliphatic heterocycles. The quantitative estimate of drug-likeness (QED) is 0.500. The maximum Gasteiger partial charge on any atom is 0.178 e. The van der Waals surface area contributed by atoms with Gasteiger partial charge in [-0.1, -0.05) is 24.3 Å². The van der Waals surface area contributed by atoms with E-state index in [0.717, 1.165) is 22.2 Å². The molecule has 2 heterocycles. The van der Waals surface area contributed by atoms with Crippen molar-refractivity contribution in [2.45, 2.75) is 6.54 Å². The smallest absolute Gasteiger partial charge is 0.178 e. The second-order valence-electron chi connectivity index (χ2n) is 5.78. The predicted octanol–water partition coefficient (Wildman–Crippen LogP) is 3.47. The van der Waals surface area contributed by atoms with Gasteiger partial charge in [0.25, 0.3) is 0 Å². The maximum absolute atomic E-state index is 14.1. The number of rotatable bonds is 3. The molecule has 2 aromatic heterocycles. The van der Waals surface area contributed by atoms with Gasteiger partial charge in [0.2, 0.25) is 0 Å². The summed E-state index contributed by atoms with van der Waals surface area (Å²) in [6.07, 6.45) is 1.66. The third-order valence-electron chi connectivity index (χ3n) is 4.14. The number of nitrogens with one attached hydrogen (secondary N) is 1. The van der Waals surface area contributed by atoms with Crippen LogP contribution in [0.4, 0.5) is 10.1 Å². The van der Waals surface area contributed by atoms with E-state index >= 15 is 0 Å². The highest BCUT2D eigenvalue weighted by molar-refractivity contribution is 5.91. The summed E-state index contributed by atoms with van der Waals surface area (Å²) in [5.74, 6) is 0.349. The third kappa shape index (κ3) is 2.72. The van der Waals surface area contributed by atoms with Crippen LogP contribution in [0, 0.1) is 5.82 Å². The summed E-state index contributed by atoms with van der Waals surface area (Å²) in [7, 11) is 0. The summed E-state index contributed by atoms with van der Waals surface area (Å²) >= 11 is 0.